The second kappa shape index (κ2) is 9.30. The van der Waals surface area contributed by atoms with E-state index < -0.39 is 33.6 Å². The van der Waals surface area contributed by atoms with Crippen molar-refractivity contribution >= 4 is 32.4 Å². The Morgan fingerprint density at radius 2 is 1.74 bits per heavy atom. The van der Waals surface area contributed by atoms with Gasteiger partial charge in [0.2, 0.25) is 15.9 Å². The minimum absolute atomic E-state index is 0.130. The third-order valence-corrected chi connectivity index (χ3v) is 5.88. The molecule has 0 aliphatic heterocycles. The molecule has 1 atom stereocenters. The lowest BCUT2D eigenvalue weighted by atomic mass is 10.1. The summed E-state index contributed by atoms with van der Waals surface area (Å²) in [6.45, 7) is 1.66. The highest BCUT2D eigenvalue weighted by atomic mass is 32.2. The number of carbonyl (C=O) groups is 1. The lowest BCUT2D eigenvalue weighted by Crippen LogP contribution is -2.48. The highest BCUT2D eigenvalue weighted by Crippen LogP contribution is 2.23. The Labute approximate surface area is 179 Å². The van der Waals surface area contributed by atoms with Crippen LogP contribution in [0.1, 0.15) is 6.92 Å². The first kappa shape index (κ1) is 22.5. The quantitative estimate of drug-likeness (QED) is 0.536. The predicted molar refractivity (Wildman–Crippen MR) is 116 cm³/mol. The van der Waals surface area contributed by atoms with Crippen molar-refractivity contribution in [2.24, 2.45) is 0 Å². The molecule has 0 heterocycles. The van der Waals surface area contributed by atoms with Gasteiger partial charge in [0.05, 0.1) is 18.5 Å². The van der Waals surface area contributed by atoms with Gasteiger partial charge in [0.25, 0.3) is 0 Å². The molecule has 0 aromatic heterocycles. The number of fused-ring (bicyclic) bond motifs is 1. The fraction of sp³-hybridized carbons (Fsp3) is 0.227. The topological polar surface area (TPSA) is 75.7 Å². The molecule has 1 N–H and O–H groups in total. The Kier molecular flexibility index (Phi) is 6.74. The number of nitrogens with one attached hydrogen (secondary N) is 1. The van der Waals surface area contributed by atoms with E-state index >= 15 is 0 Å². The van der Waals surface area contributed by atoms with Crippen molar-refractivity contribution in [3.63, 3.8) is 0 Å². The Hall–Kier alpha value is -3.20. The van der Waals surface area contributed by atoms with Crippen LogP contribution >= 0.6 is 0 Å². The average Bonchev–Trinajstić information content (AvgIpc) is 2.72. The summed E-state index contributed by atoms with van der Waals surface area (Å²) in [4.78, 5) is 12.5. The minimum atomic E-state index is -3.93. The Morgan fingerprint density at radius 3 is 2.42 bits per heavy atom. The summed E-state index contributed by atoms with van der Waals surface area (Å²) in [7, 11) is -3.93. The van der Waals surface area contributed by atoms with Crippen LogP contribution in [0.5, 0.6) is 5.75 Å². The van der Waals surface area contributed by atoms with Crippen molar-refractivity contribution in [3.05, 3.63) is 72.3 Å². The second-order valence-electron chi connectivity index (χ2n) is 6.98. The molecule has 1 amide bonds. The molecule has 3 aromatic carbocycles. The van der Waals surface area contributed by atoms with E-state index in [9.17, 15) is 22.0 Å². The number of hydrogen-bond acceptors (Lipinski definition) is 4. The van der Waals surface area contributed by atoms with E-state index in [0.717, 1.165) is 39.5 Å². The van der Waals surface area contributed by atoms with Gasteiger partial charge in [-0.2, -0.15) is 0 Å². The molecule has 0 radical (unpaired) electrons. The molecule has 3 aromatic rings. The number of hydrogen-bond donors (Lipinski definition) is 1. The number of carbonyl (C=O) groups excluding carboxylic acids is 1. The molecular weight excluding hydrogens is 426 g/mol. The van der Waals surface area contributed by atoms with Gasteiger partial charge in [-0.1, -0.05) is 30.3 Å². The van der Waals surface area contributed by atoms with Crippen molar-refractivity contribution in [2.75, 3.05) is 23.7 Å². The summed E-state index contributed by atoms with van der Waals surface area (Å²) in [5.74, 6) is -2.28. The fourth-order valence-electron chi connectivity index (χ4n) is 3.18. The molecule has 0 aliphatic carbocycles. The summed E-state index contributed by atoms with van der Waals surface area (Å²) in [5.41, 5.74) is -0.142. The van der Waals surface area contributed by atoms with Crippen molar-refractivity contribution in [2.45, 2.75) is 13.0 Å². The summed E-state index contributed by atoms with van der Waals surface area (Å²) < 4.78 is 57.6. The SMILES string of the molecule is C[C@@H](C(=O)NCCOc1ccc2ccccc2c1)N(c1ccc(F)c(F)c1)S(C)(=O)=O. The van der Waals surface area contributed by atoms with Crippen LogP contribution in [0.25, 0.3) is 10.8 Å². The van der Waals surface area contributed by atoms with Crippen molar-refractivity contribution in [3.8, 4) is 5.75 Å². The lowest BCUT2D eigenvalue weighted by molar-refractivity contribution is -0.121. The van der Waals surface area contributed by atoms with Crippen LogP contribution in [0.4, 0.5) is 14.5 Å². The maximum Gasteiger partial charge on any atom is 0.243 e. The first-order chi connectivity index (χ1) is 14.7. The standard InChI is InChI=1S/C22H22F2N2O4S/c1-15(26(31(2,28)29)18-8-10-20(23)21(24)14-18)22(27)25-11-12-30-19-9-7-16-5-3-4-6-17(16)13-19/h3-10,13-15H,11-12H2,1-2H3,(H,25,27)/t15-/m0/s1. The number of rotatable bonds is 8. The smallest absolute Gasteiger partial charge is 0.243 e. The van der Waals surface area contributed by atoms with E-state index in [1.54, 1.807) is 0 Å². The first-order valence-electron chi connectivity index (χ1n) is 9.50. The van der Waals surface area contributed by atoms with Crippen LogP contribution in [0.3, 0.4) is 0 Å². The molecule has 3 rings (SSSR count). The van der Waals surface area contributed by atoms with E-state index in [1.165, 1.54) is 6.92 Å². The third kappa shape index (κ3) is 5.49. The number of halogens is 2. The van der Waals surface area contributed by atoms with Crippen LogP contribution in [0.2, 0.25) is 0 Å². The van der Waals surface area contributed by atoms with Gasteiger partial charge in [-0.3, -0.25) is 9.10 Å². The van der Waals surface area contributed by atoms with E-state index in [2.05, 4.69) is 5.32 Å². The van der Waals surface area contributed by atoms with E-state index in [-0.39, 0.29) is 18.8 Å². The second-order valence-corrected chi connectivity index (χ2v) is 8.84. The summed E-state index contributed by atoms with van der Waals surface area (Å²) in [6, 6.07) is 14.9. The molecule has 164 valence electrons. The van der Waals surface area contributed by atoms with Crippen LogP contribution < -0.4 is 14.4 Å². The van der Waals surface area contributed by atoms with Gasteiger partial charge >= 0.3 is 0 Å². The summed E-state index contributed by atoms with van der Waals surface area (Å²) in [5, 5.41) is 4.70. The number of amides is 1. The van der Waals surface area contributed by atoms with E-state index in [1.807, 2.05) is 42.5 Å². The molecule has 31 heavy (non-hydrogen) atoms. The fourth-order valence-corrected chi connectivity index (χ4v) is 4.35. The highest BCUT2D eigenvalue weighted by Gasteiger charge is 2.29. The number of benzene rings is 3. The largest absolute Gasteiger partial charge is 0.492 e. The lowest BCUT2D eigenvalue weighted by Gasteiger charge is -2.28. The minimum Gasteiger partial charge on any atom is -0.492 e. The predicted octanol–water partition coefficient (Wildman–Crippen LogP) is 3.47. The normalized spacial score (nSPS) is 12.4. The van der Waals surface area contributed by atoms with Crippen molar-refractivity contribution < 1.29 is 26.7 Å². The Morgan fingerprint density at radius 1 is 1.03 bits per heavy atom. The summed E-state index contributed by atoms with van der Waals surface area (Å²) in [6.07, 6.45) is 0.890. The van der Waals surface area contributed by atoms with Crippen LogP contribution in [-0.2, 0) is 14.8 Å². The molecule has 0 unspecified atom stereocenters. The van der Waals surface area contributed by atoms with E-state index in [4.69, 9.17) is 4.74 Å². The molecule has 6 nitrogen and oxygen atoms in total. The van der Waals surface area contributed by atoms with Gasteiger partial charge in [-0.15, -0.1) is 0 Å². The molecule has 9 heteroatoms. The van der Waals surface area contributed by atoms with Gasteiger partial charge in [0.1, 0.15) is 18.4 Å². The van der Waals surface area contributed by atoms with Gasteiger partial charge in [0, 0.05) is 6.07 Å². The number of anilines is 1. The molecule has 0 fully saturated rings. The monoisotopic (exact) mass is 448 g/mol. The molecule has 0 aliphatic rings. The van der Waals surface area contributed by atoms with Gasteiger partial charge in [-0.05, 0) is 42.0 Å². The molecule has 0 bridgehead atoms. The Bertz CT molecular complexity index is 1200. The molecule has 0 saturated heterocycles. The van der Waals surface area contributed by atoms with Crippen LogP contribution in [0.15, 0.2) is 60.7 Å². The van der Waals surface area contributed by atoms with Gasteiger partial charge < -0.3 is 10.1 Å². The first-order valence-corrected chi connectivity index (χ1v) is 11.4. The third-order valence-electron chi connectivity index (χ3n) is 4.64. The molecule has 0 spiro atoms. The van der Waals surface area contributed by atoms with E-state index in [0.29, 0.717) is 5.75 Å². The van der Waals surface area contributed by atoms with Crippen molar-refractivity contribution in [1.29, 1.82) is 0 Å². The highest BCUT2D eigenvalue weighted by molar-refractivity contribution is 7.92. The van der Waals surface area contributed by atoms with Gasteiger partial charge in [0.15, 0.2) is 11.6 Å². The van der Waals surface area contributed by atoms with Gasteiger partial charge in [-0.25, -0.2) is 17.2 Å². The molecular formula is C22H22F2N2O4S. The molecule has 0 saturated carbocycles. The zero-order valence-electron chi connectivity index (χ0n) is 17.0. The average molecular weight is 448 g/mol. The maximum atomic E-state index is 13.6. The number of ether oxygens (including phenoxy) is 1. The zero-order chi connectivity index (χ0) is 22.6. The maximum absolute atomic E-state index is 13.6. The number of sulfonamides is 1. The van der Waals surface area contributed by atoms with Crippen LogP contribution in [-0.4, -0.2) is 39.8 Å². The van der Waals surface area contributed by atoms with Crippen LogP contribution in [0, 0.1) is 11.6 Å². The summed E-state index contributed by atoms with van der Waals surface area (Å²) >= 11 is 0. The van der Waals surface area contributed by atoms with Crippen molar-refractivity contribution in [1.82, 2.24) is 5.32 Å². The number of nitrogens with zero attached hydrogens (tertiary/aromatic N) is 1. The Balaban J connectivity index is 1.61. The zero-order valence-corrected chi connectivity index (χ0v) is 17.8.